The molecule has 0 aliphatic rings. The lowest BCUT2D eigenvalue weighted by Gasteiger charge is -2.18. The summed E-state index contributed by atoms with van der Waals surface area (Å²) in [5.74, 6) is 0.190. The molecule has 9 heteroatoms. The van der Waals surface area contributed by atoms with E-state index in [1.54, 1.807) is 44.2 Å². The predicted octanol–water partition coefficient (Wildman–Crippen LogP) is 2.75. The van der Waals surface area contributed by atoms with E-state index in [2.05, 4.69) is 20.5 Å². The zero-order valence-corrected chi connectivity index (χ0v) is 16.4. The number of carbonyl (C=O) groups is 1. The van der Waals surface area contributed by atoms with E-state index in [0.29, 0.717) is 24.6 Å². The molecule has 2 N–H and O–H groups in total. The number of nitrogens with zero attached hydrogens (tertiary/aromatic N) is 3. The first-order valence-electron chi connectivity index (χ1n) is 8.83. The largest absolute Gasteiger partial charge is 0.322 e. The molecular weight excluding hydrogens is 378 g/mol. The van der Waals surface area contributed by atoms with Crippen LogP contribution in [0.4, 0.5) is 5.69 Å². The minimum atomic E-state index is -3.63. The summed E-state index contributed by atoms with van der Waals surface area (Å²) in [4.78, 5) is 16.8. The Balaban J connectivity index is 1.83. The highest BCUT2D eigenvalue weighted by Gasteiger charge is 2.22. The third-order valence-corrected chi connectivity index (χ3v) is 6.29. The fourth-order valence-corrected chi connectivity index (χ4v) is 4.31. The summed E-state index contributed by atoms with van der Waals surface area (Å²) in [6.07, 6.45) is 1.41. The van der Waals surface area contributed by atoms with Crippen molar-refractivity contribution in [2.75, 3.05) is 18.4 Å². The Morgan fingerprint density at radius 1 is 1.11 bits per heavy atom. The molecule has 0 atom stereocenters. The summed E-state index contributed by atoms with van der Waals surface area (Å²) in [7, 11) is -3.63. The molecule has 0 aliphatic carbocycles. The lowest BCUT2D eigenvalue weighted by molar-refractivity contribution is 0.102. The zero-order valence-electron chi connectivity index (χ0n) is 15.6. The van der Waals surface area contributed by atoms with Gasteiger partial charge in [0.1, 0.15) is 6.33 Å². The SMILES string of the molecule is CCN(CC)S(=O)(=O)c1cccc(C(=O)Nc2cccc(-c3ncn[nH]3)c2)c1. The lowest BCUT2D eigenvalue weighted by atomic mass is 10.1. The van der Waals surface area contributed by atoms with Crippen LogP contribution in [-0.4, -0.2) is 46.9 Å². The molecule has 3 aromatic rings. The van der Waals surface area contributed by atoms with Gasteiger partial charge in [-0.1, -0.05) is 32.0 Å². The highest BCUT2D eigenvalue weighted by Crippen LogP contribution is 2.21. The number of carbonyl (C=O) groups excluding carboxylic acids is 1. The Morgan fingerprint density at radius 3 is 2.54 bits per heavy atom. The van der Waals surface area contributed by atoms with Crippen LogP contribution in [-0.2, 0) is 10.0 Å². The fraction of sp³-hybridized carbons (Fsp3) is 0.211. The molecule has 1 aromatic heterocycles. The van der Waals surface area contributed by atoms with E-state index in [0.717, 1.165) is 5.56 Å². The molecule has 0 saturated heterocycles. The molecule has 0 radical (unpaired) electrons. The summed E-state index contributed by atoms with van der Waals surface area (Å²) in [5.41, 5.74) is 1.60. The third kappa shape index (κ3) is 4.10. The quantitative estimate of drug-likeness (QED) is 0.635. The predicted molar refractivity (Wildman–Crippen MR) is 106 cm³/mol. The Morgan fingerprint density at radius 2 is 1.86 bits per heavy atom. The summed E-state index contributed by atoms with van der Waals surface area (Å²) in [5, 5.41) is 9.37. The first-order chi connectivity index (χ1) is 13.5. The van der Waals surface area contributed by atoms with Crippen molar-refractivity contribution in [1.82, 2.24) is 19.5 Å². The number of anilines is 1. The van der Waals surface area contributed by atoms with E-state index in [1.807, 2.05) is 6.07 Å². The first-order valence-corrected chi connectivity index (χ1v) is 10.3. The van der Waals surface area contributed by atoms with Crippen molar-refractivity contribution >= 4 is 21.6 Å². The molecule has 146 valence electrons. The normalized spacial score (nSPS) is 11.5. The summed E-state index contributed by atoms with van der Waals surface area (Å²) in [6.45, 7) is 4.28. The number of hydrogen-bond acceptors (Lipinski definition) is 5. The molecule has 2 aromatic carbocycles. The first kappa shape index (κ1) is 19.7. The Hall–Kier alpha value is -3.04. The molecule has 8 nitrogen and oxygen atoms in total. The highest BCUT2D eigenvalue weighted by molar-refractivity contribution is 7.89. The average Bonchev–Trinajstić information content (AvgIpc) is 3.24. The molecule has 1 amide bonds. The van der Waals surface area contributed by atoms with Gasteiger partial charge in [-0.2, -0.15) is 9.40 Å². The van der Waals surface area contributed by atoms with Gasteiger partial charge in [0.15, 0.2) is 5.82 Å². The Labute approximate surface area is 163 Å². The minimum Gasteiger partial charge on any atom is -0.322 e. The van der Waals surface area contributed by atoms with Crippen LogP contribution in [0, 0.1) is 0 Å². The number of aromatic nitrogens is 3. The van der Waals surface area contributed by atoms with Gasteiger partial charge in [-0.25, -0.2) is 13.4 Å². The van der Waals surface area contributed by atoms with Gasteiger partial charge in [-0.15, -0.1) is 0 Å². The second kappa shape index (κ2) is 8.32. The van der Waals surface area contributed by atoms with Gasteiger partial charge in [0.2, 0.25) is 10.0 Å². The van der Waals surface area contributed by atoms with Crippen LogP contribution in [0.2, 0.25) is 0 Å². The van der Waals surface area contributed by atoms with Gasteiger partial charge in [0.25, 0.3) is 5.91 Å². The van der Waals surface area contributed by atoms with Crippen molar-refractivity contribution in [2.45, 2.75) is 18.7 Å². The van der Waals surface area contributed by atoms with Crippen LogP contribution in [0.3, 0.4) is 0 Å². The maximum atomic E-state index is 12.7. The Bertz CT molecular complexity index is 1060. The molecule has 0 bridgehead atoms. The van der Waals surface area contributed by atoms with E-state index in [1.165, 1.54) is 22.8 Å². The maximum Gasteiger partial charge on any atom is 0.255 e. The maximum absolute atomic E-state index is 12.7. The summed E-state index contributed by atoms with van der Waals surface area (Å²) >= 11 is 0. The zero-order chi connectivity index (χ0) is 20.1. The number of benzene rings is 2. The van der Waals surface area contributed by atoms with Crippen LogP contribution in [0.5, 0.6) is 0 Å². The monoisotopic (exact) mass is 399 g/mol. The van der Waals surface area contributed by atoms with E-state index < -0.39 is 15.9 Å². The number of sulfonamides is 1. The smallest absolute Gasteiger partial charge is 0.255 e. The molecule has 3 rings (SSSR count). The Kier molecular flexibility index (Phi) is 5.86. The van der Waals surface area contributed by atoms with Gasteiger partial charge >= 0.3 is 0 Å². The van der Waals surface area contributed by atoms with Gasteiger partial charge in [-0.05, 0) is 30.3 Å². The third-order valence-electron chi connectivity index (χ3n) is 4.25. The second-order valence-electron chi connectivity index (χ2n) is 5.99. The molecule has 0 fully saturated rings. The number of aromatic amines is 1. The van der Waals surface area contributed by atoms with Crippen molar-refractivity contribution in [3.63, 3.8) is 0 Å². The van der Waals surface area contributed by atoms with E-state index in [-0.39, 0.29) is 10.5 Å². The van der Waals surface area contributed by atoms with Crippen molar-refractivity contribution in [2.24, 2.45) is 0 Å². The van der Waals surface area contributed by atoms with Gasteiger partial charge in [0, 0.05) is 29.9 Å². The molecule has 1 heterocycles. The van der Waals surface area contributed by atoms with Crippen LogP contribution in [0.1, 0.15) is 24.2 Å². The van der Waals surface area contributed by atoms with Gasteiger partial charge in [0.05, 0.1) is 4.90 Å². The lowest BCUT2D eigenvalue weighted by Crippen LogP contribution is -2.30. The topological polar surface area (TPSA) is 108 Å². The van der Waals surface area contributed by atoms with E-state index >= 15 is 0 Å². The number of nitrogens with one attached hydrogen (secondary N) is 2. The fourth-order valence-electron chi connectivity index (χ4n) is 2.80. The summed E-state index contributed by atoms with van der Waals surface area (Å²) < 4.78 is 26.7. The highest BCUT2D eigenvalue weighted by atomic mass is 32.2. The van der Waals surface area contributed by atoms with Crippen molar-refractivity contribution in [3.8, 4) is 11.4 Å². The van der Waals surface area contributed by atoms with Crippen LogP contribution in [0.25, 0.3) is 11.4 Å². The van der Waals surface area contributed by atoms with E-state index in [9.17, 15) is 13.2 Å². The number of hydrogen-bond donors (Lipinski definition) is 2. The minimum absolute atomic E-state index is 0.0965. The molecule has 0 unspecified atom stereocenters. The van der Waals surface area contributed by atoms with Gasteiger partial charge < -0.3 is 5.32 Å². The molecule has 0 spiro atoms. The standard InChI is InChI=1S/C19H21N5O3S/c1-3-24(4-2)28(26,27)17-10-6-8-15(12-17)19(25)22-16-9-5-7-14(11-16)18-20-13-21-23-18/h5-13H,3-4H2,1-2H3,(H,22,25)(H,20,21,23). The van der Waals surface area contributed by atoms with E-state index in [4.69, 9.17) is 0 Å². The van der Waals surface area contributed by atoms with Crippen molar-refractivity contribution in [1.29, 1.82) is 0 Å². The molecular formula is C19H21N5O3S. The van der Waals surface area contributed by atoms with Crippen molar-refractivity contribution in [3.05, 3.63) is 60.4 Å². The number of rotatable bonds is 7. The van der Waals surface area contributed by atoms with Crippen molar-refractivity contribution < 1.29 is 13.2 Å². The molecule has 0 saturated carbocycles. The number of H-pyrrole nitrogens is 1. The van der Waals surface area contributed by atoms with Gasteiger partial charge in [-0.3, -0.25) is 9.89 Å². The van der Waals surface area contributed by atoms with Crippen LogP contribution < -0.4 is 5.32 Å². The average molecular weight is 399 g/mol. The number of amides is 1. The molecule has 0 aliphatic heterocycles. The van der Waals surface area contributed by atoms with Crippen LogP contribution in [0.15, 0.2) is 59.8 Å². The summed E-state index contributed by atoms with van der Waals surface area (Å²) in [6, 6.07) is 13.2. The second-order valence-corrected chi connectivity index (χ2v) is 7.92. The van der Waals surface area contributed by atoms with Crippen LogP contribution >= 0.6 is 0 Å². The molecule has 28 heavy (non-hydrogen) atoms.